The van der Waals surface area contributed by atoms with Crippen molar-refractivity contribution < 1.29 is 13.2 Å². The second-order valence-electron chi connectivity index (χ2n) is 6.83. The van der Waals surface area contributed by atoms with Gasteiger partial charge in [-0.15, -0.1) is 0 Å². The molecule has 0 aliphatic carbocycles. The molecule has 0 radical (unpaired) electrons. The Kier molecular flexibility index (Phi) is 4.95. The Morgan fingerprint density at radius 2 is 1.82 bits per heavy atom. The Hall–Kier alpha value is -2.28. The fraction of sp³-hybridized carbons (Fsp3) is 0.238. The number of rotatable bonds is 4. The van der Waals surface area contributed by atoms with Crippen LogP contribution in [0.1, 0.15) is 22.9 Å². The van der Waals surface area contributed by atoms with Crippen LogP contribution in [0.4, 0.5) is 0 Å². The van der Waals surface area contributed by atoms with Crippen LogP contribution < -0.4 is 4.74 Å². The maximum absolute atomic E-state index is 13.6. The number of benzene rings is 2. The standard InChI is InChI=1S/C21H21ClN2O3S/c1-15-14-18(9-10-20(15)27-2)28(25,26)24-13-12-23-11-3-4-19(23)21(24)16-5-7-17(22)8-6-16/h3-11,14,21H,12-13H2,1-2H3/t21-/m0/s1. The lowest BCUT2D eigenvalue weighted by molar-refractivity contribution is 0.298. The lowest BCUT2D eigenvalue weighted by Gasteiger charge is -2.36. The van der Waals surface area contributed by atoms with Crippen molar-refractivity contribution in [1.29, 1.82) is 0 Å². The average molecular weight is 417 g/mol. The molecule has 0 bridgehead atoms. The third-order valence-corrected chi connectivity index (χ3v) is 7.27. The highest BCUT2D eigenvalue weighted by atomic mass is 35.5. The second-order valence-corrected chi connectivity index (χ2v) is 9.15. The van der Waals surface area contributed by atoms with E-state index in [1.165, 1.54) is 0 Å². The van der Waals surface area contributed by atoms with Crippen LogP contribution in [0.2, 0.25) is 5.02 Å². The largest absolute Gasteiger partial charge is 0.496 e. The monoisotopic (exact) mass is 416 g/mol. The van der Waals surface area contributed by atoms with Crippen molar-refractivity contribution in [3.05, 3.63) is 82.6 Å². The summed E-state index contributed by atoms with van der Waals surface area (Å²) >= 11 is 6.05. The molecule has 1 aliphatic rings. The van der Waals surface area contributed by atoms with Crippen molar-refractivity contribution in [2.75, 3.05) is 13.7 Å². The number of halogens is 1. The van der Waals surface area contributed by atoms with Gasteiger partial charge in [0.25, 0.3) is 0 Å². The number of hydrogen-bond acceptors (Lipinski definition) is 3. The van der Waals surface area contributed by atoms with Crippen molar-refractivity contribution >= 4 is 21.6 Å². The summed E-state index contributed by atoms with van der Waals surface area (Å²) in [5.74, 6) is 0.667. The van der Waals surface area contributed by atoms with Gasteiger partial charge in [0.2, 0.25) is 10.0 Å². The lowest BCUT2D eigenvalue weighted by Crippen LogP contribution is -2.42. The summed E-state index contributed by atoms with van der Waals surface area (Å²) in [5, 5.41) is 0.620. The van der Waals surface area contributed by atoms with Gasteiger partial charge in [0.15, 0.2) is 0 Å². The summed E-state index contributed by atoms with van der Waals surface area (Å²) in [7, 11) is -2.13. The summed E-state index contributed by atoms with van der Waals surface area (Å²) in [6.07, 6.45) is 1.99. The highest BCUT2D eigenvalue weighted by Gasteiger charge is 2.37. The van der Waals surface area contributed by atoms with E-state index in [1.54, 1.807) is 41.7 Å². The van der Waals surface area contributed by atoms with Crippen LogP contribution in [0.15, 0.2) is 65.7 Å². The molecule has 2 heterocycles. The Bertz CT molecular complexity index is 1110. The molecule has 1 aliphatic heterocycles. The van der Waals surface area contributed by atoms with Gasteiger partial charge in [-0.2, -0.15) is 4.31 Å². The molecule has 0 N–H and O–H groups in total. The van der Waals surface area contributed by atoms with E-state index < -0.39 is 16.1 Å². The minimum absolute atomic E-state index is 0.268. The highest BCUT2D eigenvalue weighted by molar-refractivity contribution is 7.89. The zero-order valence-corrected chi connectivity index (χ0v) is 17.2. The molecule has 0 spiro atoms. The number of fused-ring (bicyclic) bond motifs is 1. The second kappa shape index (κ2) is 7.28. The smallest absolute Gasteiger partial charge is 0.244 e. The van der Waals surface area contributed by atoms with E-state index in [0.29, 0.717) is 23.9 Å². The highest BCUT2D eigenvalue weighted by Crippen LogP contribution is 2.37. The van der Waals surface area contributed by atoms with Crippen molar-refractivity contribution in [2.45, 2.75) is 24.4 Å². The molecule has 7 heteroatoms. The first kappa shape index (κ1) is 19.1. The summed E-state index contributed by atoms with van der Waals surface area (Å²) in [4.78, 5) is 0.268. The van der Waals surface area contributed by atoms with E-state index in [2.05, 4.69) is 4.57 Å². The molecule has 0 saturated heterocycles. The molecule has 0 unspecified atom stereocenters. The molecule has 0 amide bonds. The SMILES string of the molecule is COc1ccc(S(=O)(=O)N2CCn3cccc3[C@@H]2c2ccc(Cl)cc2)cc1C. The van der Waals surface area contributed by atoms with E-state index in [4.69, 9.17) is 16.3 Å². The number of aromatic nitrogens is 1. The van der Waals surface area contributed by atoms with Gasteiger partial charge in [0.05, 0.1) is 18.0 Å². The van der Waals surface area contributed by atoms with E-state index in [-0.39, 0.29) is 4.90 Å². The van der Waals surface area contributed by atoms with Gasteiger partial charge < -0.3 is 9.30 Å². The van der Waals surface area contributed by atoms with E-state index in [1.807, 2.05) is 37.4 Å². The molecule has 3 aromatic rings. The molecule has 1 atom stereocenters. The third kappa shape index (κ3) is 3.21. The lowest BCUT2D eigenvalue weighted by atomic mass is 10.0. The molecule has 2 aromatic carbocycles. The van der Waals surface area contributed by atoms with Crippen LogP contribution in [-0.2, 0) is 16.6 Å². The van der Waals surface area contributed by atoms with Gasteiger partial charge in [-0.05, 0) is 60.5 Å². The van der Waals surface area contributed by atoms with Crippen LogP contribution in [0.25, 0.3) is 0 Å². The van der Waals surface area contributed by atoms with Crippen molar-refractivity contribution in [2.24, 2.45) is 0 Å². The Labute approximate surface area is 170 Å². The number of nitrogens with zero attached hydrogens (tertiary/aromatic N) is 2. The van der Waals surface area contributed by atoms with Crippen molar-refractivity contribution in [3.63, 3.8) is 0 Å². The summed E-state index contributed by atoms with van der Waals surface area (Å²) in [6, 6.07) is 15.8. The summed E-state index contributed by atoms with van der Waals surface area (Å²) in [5.41, 5.74) is 2.62. The van der Waals surface area contributed by atoms with Crippen LogP contribution in [-0.4, -0.2) is 30.9 Å². The zero-order valence-electron chi connectivity index (χ0n) is 15.7. The fourth-order valence-corrected chi connectivity index (χ4v) is 5.54. The minimum Gasteiger partial charge on any atom is -0.496 e. The maximum atomic E-state index is 13.6. The maximum Gasteiger partial charge on any atom is 0.244 e. The first-order valence-electron chi connectivity index (χ1n) is 8.99. The third-order valence-electron chi connectivity index (χ3n) is 5.15. The predicted octanol–water partition coefficient (Wildman–Crippen LogP) is 4.25. The van der Waals surface area contributed by atoms with Gasteiger partial charge in [-0.3, -0.25) is 0 Å². The van der Waals surface area contributed by atoms with E-state index >= 15 is 0 Å². The average Bonchev–Trinajstić information content (AvgIpc) is 3.16. The quantitative estimate of drug-likeness (QED) is 0.638. The number of methoxy groups -OCH3 is 1. The van der Waals surface area contributed by atoms with Crippen LogP contribution in [0.5, 0.6) is 5.75 Å². The summed E-state index contributed by atoms with van der Waals surface area (Å²) < 4.78 is 36.1. The zero-order chi connectivity index (χ0) is 19.9. The molecule has 0 saturated carbocycles. The molecular weight excluding hydrogens is 396 g/mol. The van der Waals surface area contributed by atoms with Gasteiger partial charge in [-0.25, -0.2) is 8.42 Å². The number of hydrogen-bond donors (Lipinski definition) is 0. The molecular formula is C21H21ClN2O3S. The van der Waals surface area contributed by atoms with Gasteiger partial charge in [-0.1, -0.05) is 23.7 Å². The Morgan fingerprint density at radius 3 is 2.50 bits per heavy atom. The van der Waals surface area contributed by atoms with Gasteiger partial charge in [0.1, 0.15) is 5.75 Å². The number of sulfonamides is 1. The van der Waals surface area contributed by atoms with Crippen LogP contribution in [0, 0.1) is 6.92 Å². The molecule has 4 rings (SSSR count). The first-order valence-corrected chi connectivity index (χ1v) is 10.8. The van der Waals surface area contributed by atoms with Crippen LogP contribution >= 0.6 is 11.6 Å². The predicted molar refractivity (Wildman–Crippen MR) is 109 cm³/mol. The van der Waals surface area contributed by atoms with Crippen LogP contribution in [0.3, 0.4) is 0 Å². The Balaban J connectivity index is 1.82. The molecule has 28 heavy (non-hydrogen) atoms. The summed E-state index contributed by atoms with van der Waals surface area (Å²) in [6.45, 7) is 2.85. The first-order chi connectivity index (χ1) is 13.4. The molecule has 0 fully saturated rings. The molecule has 1 aromatic heterocycles. The van der Waals surface area contributed by atoms with Gasteiger partial charge >= 0.3 is 0 Å². The number of aryl methyl sites for hydroxylation is 1. The number of ether oxygens (including phenoxy) is 1. The van der Waals surface area contributed by atoms with E-state index in [9.17, 15) is 8.42 Å². The topological polar surface area (TPSA) is 51.5 Å². The molecule has 146 valence electrons. The fourth-order valence-electron chi connectivity index (χ4n) is 3.75. The normalized spacial score (nSPS) is 17.3. The van der Waals surface area contributed by atoms with Gasteiger partial charge in [0, 0.05) is 30.0 Å². The van der Waals surface area contributed by atoms with Crippen molar-refractivity contribution in [1.82, 2.24) is 8.87 Å². The van der Waals surface area contributed by atoms with Crippen molar-refractivity contribution in [3.8, 4) is 5.75 Å². The Morgan fingerprint density at radius 1 is 1.07 bits per heavy atom. The minimum atomic E-state index is -3.71. The molecule has 5 nitrogen and oxygen atoms in total. The van der Waals surface area contributed by atoms with E-state index in [0.717, 1.165) is 16.8 Å².